The van der Waals surface area contributed by atoms with Gasteiger partial charge in [0.1, 0.15) is 0 Å². The molecule has 0 amide bonds. The fourth-order valence-corrected chi connectivity index (χ4v) is 2.63. The van der Waals surface area contributed by atoms with E-state index in [2.05, 4.69) is 0 Å². The molecule has 0 aromatic carbocycles. The number of carboxylic acid groups (broad SMARTS) is 1. The second kappa shape index (κ2) is 6.41. The van der Waals surface area contributed by atoms with Crippen LogP contribution in [0.2, 0.25) is 0 Å². The Hall–Kier alpha value is -0.780. The SMILES string of the molecule is NC(CC(CC(=O)O)C(F)(F)F)C1CCCCC1. The van der Waals surface area contributed by atoms with Gasteiger partial charge in [0.25, 0.3) is 0 Å². The van der Waals surface area contributed by atoms with E-state index in [0.717, 1.165) is 32.1 Å². The van der Waals surface area contributed by atoms with Crippen LogP contribution in [-0.4, -0.2) is 23.3 Å². The van der Waals surface area contributed by atoms with E-state index in [4.69, 9.17) is 10.8 Å². The number of halogens is 3. The molecule has 18 heavy (non-hydrogen) atoms. The Morgan fingerprint density at radius 3 is 2.28 bits per heavy atom. The van der Waals surface area contributed by atoms with E-state index in [9.17, 15) is 18.0 Å². The Bertz CT molecular complexity index is 275. The fraction of sp³-hybridized carbons (Fsp3) is 0.917. The third-order valence-electron chi connectivity index (χ3n) is 3.70. The van der Waals surface area contributed by atoms with Crippen molar-refractivity contribution < 1.29 is 23.1 Å². The van der Waals surface area contributed by atoms with Gasteiger partial charge >= 0.3 is 12.1 Å². The predicted octanol–water partition coefficient (Wildman–Crippen LogP) is 2.94. The summed E-state index contributed by atoms with van der Waals surface area (Å²) in [5.74, 6) is -3.14. The van der Waals surface area contributed by atoms with Crippen LogP contribution in [0.3, 0.4) is 0 Å². The van der Waals surface area contributed by atoms with Gasteiger partial charge in [-0.1, -0.05) is 19.3 Å². The van der Waals surface area contributed by atoms with Crippen LogP contribution in [0.5, 0.6) is 0 Å². The lowest BCUT2D eigenvalue weighted by Gasteiger charge is -2.30. The first-order valence-corrected chi connectivity index (χ1v) is 6.34. The van der Waals surface area contributed by atoms with Crippen molar-refractivity contribution in [1.82, 2.24) is 0 Å². The van der Waals surface area contributed by atoms with Gasteiger partial charge in [-0.2, -0.15) is 13.2 Å². The summed E-state index contributed by atoms with van der Waals surface area (Å²) in [6, 6.07) is -0.545. The lowest BCUT2D eigenvalue weighted by atomic mass is 9.80. The maximum Gasteiger partial charge on any atom is 0.392 e. The average Bonchev–Trinajstić information content (AvgIpc) is 2.27. The minimum atomic E-state index is -4.48. The van der Waals surface area contributed by atoms with Crippen molar-refractivity contribution in [1.29, 1.82) is 0 Å². The van der Waals surface area contributed by atoms with Crippen LogP contribution >= 0.6 is 0 Å². The first-order chi connectivity index (χ1) is 8.30. The molecular weight excluding hydrogens is 247 g/mol. The van der Waals surface area contributed by atoms with Gasteiger partial charge < -0.3 is 10.8 Å². The molecule has 0 radical (unpaired) electrons. The van der Waals surface area contributed by atoms with E-state index in [1.165, 1.54) is 0 Å². The molecule has 1 rings (SSSR count). The number of aliphatic carboxylic acids is 1. The number of alkyl halides is 3. The maximum atomic E-state index is 12.7. The van der Waals surface area contributed by atoms with E-state index in [1.807, 2.05) is 0 Å². The highest BCUT2D eigenvalue weighted by molar-refractivity contribution is 5.67. The highest BCUT2D eigenvalue weighted by Gasteiger charge is 2.42. The van der Waals surface area contributed by atoms with Gasteiger partial charge in [-0.15, -0.1) is 0 Å². The molecule has 0 bridgehead atoms. The zero-order valence-corrected chi connectivity index (χ0v) is 10.2. The van der Waals surface area contributed by atoms with Gasteiger partial charge in [-0.25, -0.2) is 0 Å². The average molecular weight is 267 g/mol. The summed E-state index contributed by atoms with van der Waals surface area (Å²) in [6.07, 6.45) is -0.796. The molecule has 106 valence electrons. The number of carboxylic acids is 1. The Kier molecular flexibility index (Phi) is 5.44. The summed E-state index contributed by atoms with van der Waals surface area (Å²) in [7, 11) is 0. The van der Waals surface area contributed by atoms with Crippen molar-refractivity contribution in [3.05, 3.63) is 0 Å². The van der Waals surface area contributed by atoms with Gasteiger partial charge in [0, 0.05) is 6.04 Å². The summed E-state index contributed by atoms with van der Waals surface area (Å²) in [4.78, 5) is 10.5. The molecule has 0 spiro atoms. The topological polar surface area (TPSA) is 63.3 Å². The van der Waals surface area contributed by atoms with Gasteiger partial charge in [0.15, 0.2) is 0 Å². The van der Waals surface area contributed by atoms with Crippen LogP contribution in [0.1, 0.15) is 44.9 Å². The van der Waals surface area contributed by atoms with Crippen LogP contribution in [0.15, 0.2) is 0 Å². The van der Waals surface area contributed by atoms with Crippen LogP contribution < -0.4 is 5.73 Å². The Labute approximate surface area is 105 Å². The number of nitrogens with two attached hydrogens (primary N) is 1. The highest BCUT2D eigenvalue weighted by Crippen LogP contribution is 2.35. The van der Waals surface area contributed by atoms with Crippen molar-refractivity contribution in [3.63, 3.8) is 0 Å². The lowest BCUT2D eigenvalue weighted by molar-refractivity contribution is -0.186. The van der Waals surface area contributed by atoms with Crippen molar-refractivity contribution in [2.75, 3.05) is 0 Å². The fourth-order valence-electron chi connectivity index (χ4n) is 2.63. The smallest absolute Gasteiger partial charge is 0.392 e. The van der Waals surface area contributed by atoms with E-state index in [0.29, 0.717) is 0 Å². The van der Waals surface area contributed by atoms with Crippen LogP contribution in [0.4, 0.5) is 13.2 Å². The molecule has 1 aliphatic rings. The molecule has 1 aliphatic carbocycles. The standard InChI is InChI=1S/C12H20F3NO2/c13-12(14,15)9(7-11(17)18)6-10(16)8-4-2-1-3-5-8/h8-10H,1-7,16H2,(H,17,18). The Morgan fingerprint density at radius 2 is 1.83 bits per heavy atom. The third-order valence-corrected chi connectivity index (χ3v) is 3.70. The number of rotatable bonds is 5. The van der Waals surface area contributed by atoms with E-state index in [-0.39, 0.29) is 12.3 Å². The largest absolute Gasteiger partial charge is 0.481 e. The van der Waals surface area contributed by atoms with E-state index in [1.54, 1.807) is 0 Å². The van der Waals surface area contributed by atoms with Crippen molar-refractivity contribution in [3.8, 4) is 0 Å². The van der Waals surface area contributed by atoms with Crippen LogP contribution in [0, 0.1) is 11.8 Å². The predicted molar refractivity (Wildman–Crippen MR) is 61.0 cm³/mol. The van der Waals surface area contributed by atoms with Crippen molar-refractivity contribution >= 4 is 5.97 Å². The molecular formula is C12H20F3NO2. The zero-order valence-electron chi connectivity index (χ0n) is 10.2. The maximum absolute atomic E-state index is 12.7. The summed E-state index contributed by atoms with van der Waals surface area (Å²) in [5, 5.41) is 8.53. The molecule has 0 aromatic heterocycles. The molecule has 2 unspecified atom stereocenters. The van der Waals surface area contributed by atoms with Crippen molar-refractivity contribution in [2.45, 2.75) is 57.2 Å². The molecule has 3 N–H and O–H groups in total. The molecule has 0 aliphatic heterocycles. The normalized spacial score (nSPS) is 21.6. The minimum absolute atomic E-state index is 0.109. The molecule has 0 heterocycles. The molecule has 3 nitrogen and oxygen atoms in total. The van der Waals surface area contributed by atoms with Gasteiger partial charge in [-0.05, 0) is 25.2 Å². The van der Waals surface area contributed by atoms with E-state index < -0.39 is 30.5 Å². The second-order valence-electron chi connectivity index (χ2n) is 5.13. The zero-order chi connectivity index (χ0) is 13.8. The first-order valence-electron chi connectivity index (χ1n) is 6.34. The monoisotopic (exact) mass is 267 g/mol. The summed E-state index contributed by atoms with van der Waals surface area (Å²) >= 11 is 0. The minimum Gasteiger partial charge on any atom is -0.481 e. The number of hydrogen-bond donors (Lipinski definition) is 2. The highest BCUT2D eigenvalue weighted by atomic mass is 19.4. The molecule has 1 saturated carbocycles. The number of hydrogen-bond acceptors (Lipinski definition) is 2. The molecule has 1 fully saturated rings. The summed E-state index contributed by atoms with van der Waals surface area (Å²) in [6.45, 7) is 0. The Morgan fingerprint density at radius 1 is 1.28 bits per heavy atom. The lowest BCUT2D eigenvalue weighted by Crippen LogP contribution is -2.38. The van der Waals surface area contributed by atoms with Gasteiger partial charge in [0.2, 0.25) is 0 Å². The number of carbonyl (C=O) groups is 1. The third kappa shape index (κ3) is 4.84. The van der Waals surface area contributed by atoms with Gasteiger partial charge in [-0.3, -0.25) is 4.79 Å². The molecule has 2 atom stereocenters. The van der Waals surface area contributed by atoms with E-state index >= 15 is 0 Å². The van der Waals surface area contributed by atoms with Crippen molar-refractivity contribution in [2.24, 2.45) is 17.6 Å². The van der Waals surface area contributed by atoms with Crippen LogP contribution in [-0.2, 0) is 4.79 Å². The summed E-state index contributed by atoms with van der Waals surface area (Å²) in [5.41, 5.74) is 5.83. The van der Waals surface area contributed by atoms with Crippen LogP contribution in [0.25, 0.3) is 0 Å². The second-order valence-corrected chi connectivity index (χ2v) is 5.13. The summed E-state index contributed by atoms with van der Waals surface area (Å²) < 4.78 is 38.1. The molecule has 0 saturated heterocycles. The molecule has 6 heteroatoms. The molecule has 0 aromatic rings. The van der Waals surface area contributed by atoms with Gasteiger partial charge in [0.05, 0.1) is 12.3 Å². The Balaban J connectivity index is 2.55. The quantitative estimate of drug-likeness (QED) is 0.805. The first kappa shape index (κ1) is 15.3.